The first kappa shape index (κ1) is 22.9. The molecule has 0 N–H and O–H groups in total. The molecule has 1 saturated heterocycles. The standard InChI is InChI=1S/C22H30N2O4S2/c1-6-24(30-18-8-10-20(26-3)22(14-18)28-5)16-11-12-23(15-16)29-17-7-9-19(25-2)21(13-17)27-4/h7-10,13-14,16H,6,11-12,15H2,1-5H3. The van der Waals surface area contributed by atoms with Gasteiger partial charge >= 0.3 is 0 Å². The van der Waals surface area contributed by atoms with Crippen molar-refractivity contribution in [3.63, 3.8) is 0 Å². The van der Waals surface area contributed by atoms with Gasteiger partial charge in [-0.1, -0.05) is 6.92 Å². The average molecular weight is 451 g/mol. The van der Waals surface area contributed by atoms with E-state index in [1.807, 2.05) is 24.3 Å². The summed E-state index contributed by atoms with van der Waals surface area (Å²) in [6.45, 7) is 5.23. The van der Waals surface area contributed by atoms with Gasteiger partial charge in [0.05, 0.1) is 28.4 Å². The lowest BCUT2D eigenvalue weighted by Crippen LogP contribution is -2.31. The molecule has 2 aromatic carbocycles. The van der Waals surface area contributed by atoms with E-state index in [0.717, 1.165) is 58.8 Å². The minimum atomic E-state index is 0.487. The number of hydrogen-bond donors (Lipinski definition) is 0. The summed E-state index contributed by atoms with van der Waals surface area (Å²) in [4.78, 5) is 2.31. The molecule has 1 fully saturated rings. The molecule has 1 heterocycles. The third kappa shape index (κ3) is 5.49. The van der Waals surface area contributed by atoms with Crippen LogP contribution in [0.1, 0.15) is 13.3 Å². The molecule has 8 heteroatoms. The Bertz CT molecular complexity index is 837. The number of nitrogens with zero attached hydrogens (tertiary/aromatic N) is 2. The zero-order chi connectivity index (χ0) is 21.5. The van der Waals surface area contributed by atoms with Gasteiger partial charge in [0.2, 0.25) is 0 Å². The van der Waals surface area contributed by atoms with E-state index >= 15 is 0 Å². The Morgan fingerprint density at radius 1 is 0.867 bits per heavy atom. The molecule has 164 valence electrons. The van der Waals surface area contributed by atoms with Crippen LogP contribution in [0.25, 0.3) is 0 Å². The summed E-state index contributed by atoms with van der Waals surface area (Å²) in [7, 11) is 6.66. The Balaban J connectivity index is 1.62. The minimum absolute atomic E-state index is 0.487. The van der Waals surface area contributed by atoms with Gasteiger partial charge in [-0.3, -0.25) is 0 Å². The quantitative estimate of drug-likeness (QED) is 0.477. The van der Waals surface area contributed by atoms with Crippen LogP contribution >= 0.6 is 23.9 Å². The predicted molar refractivity (Wildman–Crippen MR) is 123 cm³/mol. The van der Waals surface area contributed by atoms with Gasteiger partial charge in [0.15, 0.2) is 23.0 Å². The second-order valence-corrected chi connectivity index (χ2v) is 9.07. The normalized spacial score (nSPS) is 16.7. The van der Waals surface area contributed by atoms with Crippen LogP contribution in [0.5, 0.6) is 23.0 Å². The van der Waals surface area contributed by atoms with Crippen molar-refractivity contribution in [2.75, 3.05) is 48.1 Å². The maximum atomic E-state index is 5.45. The highest BCUT2D eigenvalue weighted by molar-refractivity contribution is 7.97. The largest absolute Gasteiger partial charge is 0.493 e. The third-order valence-corrected chi connectivity index (χ3v) is 7.32. The fourth-order valence-electron chi connectivity index (χ4n) is 3.46. The Kier molecular flexibility index (Phi) is 8.44. The lowest BCUT2D eigenvalue weighted by atomic mass is 10.3. The molecule has 0 aliphatic carbocycles. The second kappa shape index (κ2) is 11.0. The van der Waals surface area contributed by atoms with Crippen LogP contribution in [-0.4, -0.2) is 62.7 Å². The van der Waals surface area contributed by atoms with Crippen molar-refractivity contribution in [3.8, 4) is 23.0 Å². The molecule has 0 amide bonds. The van der Waals surface area contributed by atoms with Crippen molar-refractivity contribution >= 4 is 23.9 Å². The lowest BCUT2D eigenvalue weighted by Gasteiger charge is -2.26. The van der Waals surface area contributed by atoms with E-state index in [9.17, 15) is 0 Å². The number of methoxy groups -OCH3 is 4. The summed E-state index contributed by atoms with van der Waals surface area (Å²) in [5.74, 6) is 3.03. The SMILES string of the molecule is CCN(Sc1ccc(OC)c(OC)c1)C1CCN(Sc2ccc(OC)c(OC)c2)C1. The Labute approximate surface area is 188 Å². The van der Waals surface area contributed by atoms with Crippen LogP contribution in [0, 0.1) is 0 Å². The van der Waals surface area contributed by atoms with Crippen LogP contribution in [0.4, 0.5) is 0 Å². The predicted octanol–water partition coefficient (Wildman–Crippen LogP) is 4.83. The van der Waals surface area contributed by atoms with Crippen molar-refractivity contribution in [2.24, 2.45) is 0 Å². The third-order valence-electron chi connectivity index (χ3n) is 5.01. The van der Waals surface area contributed by atoms with E-state index in [4.69, 9.17) is 18.9 Å². The maximum absolute atomic E-state index is 5.45. The molecule has 30 heavy (non-hydrogen) atoms. The number of hydrogen-bond acceptors (Lipinski definition) is 8. The van der Waals surface area contributed by atoms with Crippen LogP contribution in [0.15, 0.2) is 46.2 Å². The van der Waals surface area contributed by atoms with Crippen LogP contribution in [0.2, 0.25) is 0 Å². The van der Waals surface area contributed by atoms with Crippen molar-refractivity contribution < 1.29 is 18.9 Å². The van der Waals surface area contributed by atoms with Crippen LogP contribution in [0.3, 0.4) is 0 Å². The molecule has 0 spiro atoms. The molecule has 1 unspecified atom stereocenters. The summed E-state index contributed by atoms with van der Waals surface area (Å²) in [5, 5.41) is 0. The van der Waals surface area contributed by atoms with Gasteiger partial charge in [0.25, 0.3) is 0 Å². The van der Waals surface area contributed by atoms with Gasteiger partial charge in [-0.15, -0.1) is 0 Å². The molecule has 1 atom stereocenters. The molecule has 0 bridgehead atoms. The smallest absolute Gasteiger partial charge is 0.161 e. The summed E-state index contributed by atoms with van der Waals surface area (Å²) in [6, 6.07) is 12.6. The molecule has 1 aliphatic rings. The Morgan fingerprint density at radius 2 is 1.43 bits per heavy atom. The van der Waals surface area contributed by atoms with Crippen molar-refractivity contribution in [1.29, 1.82) is 0 Å². The Hall–Kier alpha value is -1.74. The van der Waals surface area contributed by atoms with E-state index in [0.29, 0.717) is 6.04 Å². The topological polar surface area (TPSA) is 43.4 Å². The van der Waals surface area contributed by atoms with Gasteiger partial charge in [0.1, 0.15) is 0 Å². The number of ether oxygens (including phenoxy) is 4. The van der Waals surface area contributed by atoms with Gasteiger partial charge in [-0.25, -0.2) is 8.61 Å². The summed E-state index contributed by atoms with van der Waals surface area (Å²) in [6.07, 6.45) is 1.13. The van der Waals surface area contributed by atoms with Gasteiger partial charge in [0, 0.05) is 35.5 Å². The first-order valence-corrected chi connectivity index (χ1v) is 11.5. The van der Waals surface area contributed by atoms with E-state index in [-0.39, 0.29) is 0 Å². The monoisotopic (exact) mass is 450 g/mol. The summed E-state index contributed by atoms with van der Waals surface area (Å²) >= 11 is 3.55. The highest BCUT2D eigenvalue weighted by Crippen LogP contribution is 2.38. The second-order valence-electron chi connectivity index (χ2n) is 6.78. The van der Waals surface area contributed by atoms with E-state index in [1.54, 1.807) is 52.3 Å². The first-order chi connectivity index (χ1) is 14.6. The number of likely N-dealkylation sites (N-methyl/N-ethyl adjacent to an activating group) is 1. The zero-order valence-corrected chi connectivity index (χ0v) is 19.8. The van der Waals surface area contributed by atoms with Crippen molar-refractivity contribution in [2.45, 2.75) is 29.2 Å². The van der Waals surface area contributed by atoms with Crippen LogP contribution < -0.4 is 18.9 Å². The average Bonchev–Trinajstić information content (AvgIpc) is 3.25. The summed E-state index contributed by atoms with van der Waals surface area (Å²) in [5.41, 5.74) is 0. The van der Waals surface area contributed by atoms with Crippen molar-refractivity contribution in [1.82, 2.24) is 8.61 Å². The zero-order valence-electron chi connectivity index (χ0n) is 18.2. The highest BCUT2D eigenvalue weighted by Gasteiger charge is 2.28. The van der Waals surface area contributed by atoms with Gasteiger partial charge in [-0.05, 0) is 66.7 Å². The van der Waals surface area contributed by atoms with Gasteiger partial charge in [-0.2, -0.15) is 0 Å². The van der Waals surface area contributed by atoms with Crippen LogP contribution in [-0.2, 0) is 0 Å². The number of benzene rings is 2. The van der Waals surface area contributed by atoms with Crippen molar-refractivity contribution in [3.05, 3.63) is 36.4 Å². The minimum Gasteiger partial charge on any atom is -0.493 e. The van der Waals surface area contributed by atoms with E-state index < -0.39 is 0 Å². The summed E-state index contributed by atoms with van der Waals surface area (Å²) < 4.78 is 26.4. The fraction of sp³-hybridized carbons (Fsp3) is 0.455. The maximum Gasteiger partial charge on any atom is 0.161 e. The highest BCUT2D eigenvalue weighted by atomic mass is 32.2. The molecule has 0 radical (unpaired) electrons. The first-order valence-electron chi connectivity index (χ1n) is 9.93. The number of rotatable bonds is 10. The molecular weight excluding hydrogens is 420 g/mol. The van der Waals surface area contributed by atoms with E-state index in [2.05, 4.69) is 27.7 Å². The molecule has 0 aromatic heterocycles. The Morgan fingerprint density at radius 3 is 2.00 bits per heavy atom. The van der Waals surface area contributed by atoms with E-state index in [1.165, 1.54) is 0 Å². The molecule has 1 aliphatic heterocycles. The molecule has 6 nitrogen and oxygen atoms in total. The fourth-order valence-corrected chi connectivity index (χ4v) is 5.50. The lowest BCUT2D eigenvalue weighted by molar-refractivity contribution is 0.353. The van der Waals surface area contributed by atoms with Gasteiger partial charge < -0.3 is 18.9 Å². The molecule has 2 aromatic rings. The molecule has 0 saturated carbocycles. The molecule has 3 rings (SSSR count). The molecular formula is C22H30N2O4S2.